The fraction of sp³-hybridized carbons (Fsp3) is 0.769. The van der Waals surface area contributed by atoms with Gasteiger partial charge in [0.05, 0.1) is 10.7 Å². The largest absolute Gasteiger partial charge is 0.313 e. The monoisotopic (exact) mass is 253 g/mol. The van der Waals surface area contributed by atoms with Gasteiger partial charge >= 0.3 is 0 Å². The van der Waals surface area contributed by atoms with Gasteiger partial charge in [0.15, 0.2) is 0 Å². The molecule has 1 aliphatic heterocycles. The summed E-state index contributed by atoms with van der Waals surface area (Å²) in [5.74, 6) is 0. The second-order valence-corrected chi connectivity index (χ2v) is 6.05. The van der Waals surface area contributed by atoms with E-state index in [1.165, 1.54) is 23.5 Å². The molecule has 2 atom stereocenters. The van der Waals surface area contributed by atoms with E-state index in [0.29, 0.717) is 12.1 Å². The van der Waals surface area contributed by atoms with Crippen LogP contribution < -0.4 is 5.32 Å². The Hall–Kier alpha value is -0.450. The molecule has 1 aromatic rings. The summed E-state index contributed by atoms with van der Waals surface area (Å²) in [6, 6.07) is 1.29. The lowest BCUT2D eigenvalue weighted by Gasteiger charge is -2.28. The minimum Gasteiger partial charge on any atom is -0.313 e. The maximum Gasteiger partial charge on any atom is 0.0897 e. The maximum absolute atomic E-state index is 4.58. The molecular weight excluding hydrogens is 230 g/mol. The molecule has 1 aliphatic rings. The number of rotatable bonds is 3. The maximum atomic E-state index is 4.58. The van der Waals surface area contributed by atoms with Crippen molar-refractivity contribution in [1.29, 1.82) is 0 Å². The summed E-state index contributed by atoms with van der Waals surface area (Å²) in [6.45, 7) is 9.97. The van der Waals surface area contributed by atoms with Crippen LogP contribution in [0.15, 0.2) is 5.38 Å². The first-order valence-electron chi connectivity index (χ1n) is 6.57. The van der Waals surface area contributed by atoms with Crippen LogP contribution in [-0.4, -0.2) is 35.1 Å². The smallest absolute Gasteiger partial charge is 0.0897 e. The first-order chi connectivity index (χ1) is 8.19. The van der Waals surface area contributed by atoms with Crippen molar-refractivity contribution in [2.75, 3.05) is 13.1 Å². The highest BCUT2D eigenvalue weighted by Crippen LogP contribution is 2.16. The summed E-state index contributed by atoms with van der Waals surface area (Å²) in [5.41, 5.74) is 1.23. The molecule has 1 N–H and O–H groups in total. The fourth-order valence-electron chi connectivity index (χ4n) is 2.39. The van der Waals surface area contributed by atoms with Crippen molar-refractivity contribution in [3.63, 3.8) is 0 Å². The normalized spacial score (nSPS) is 27.0. The third-order valence-electron chi connectivity index (χ3n) is 3.60. The van der Waals surface area contributed by atoms with Gasteiger partial charge in [-0.15, -0.1) is 11.3 Å². The molecule has 2 heterocycles. The molecule has 0 aromatic carbocycles. The summed E-state index contributed by atoms with van der Waals surface area (Å²) >= 11 is 1.75. The Morgan fingerprint density at radius 2 is 2.41 bits per heavy atom. The highest BCUT2D eigenvalue weighted by molar-refractivity contribution is 7.09. The average molecular weight is 253 g/mol. The van der Waals surface area contributed by atoms with E-state index in [0.717, 1.165) is 19.6 Å². The second-order valence-electron chi connectivity index (χ2n) is 4.98. The minimum atomic E-state index is 0.639. The Balaban J connectivity index is 2.01. The summed E-state index contributed by atoms with van der Waals surface area (Å²) < 4.78 is 0. The molecule has 0 amide bonds. The number of nitrogens with one attached hydrogen (secondary N) is 1. The van der Waals surface area contributed by atoms with Gasteiger partial charge in [-0.3, -0.25) is 4.90 Å². The lowest BCUT2D eigenvalue weighted by molar-refractivity contribution is 0.192. The van der Waals surface area contributed by atoms with Crippen molar-refractivity contribution < 1.29 is 0 Å². The highest BCUT2D eigenvalue weighted by atomic mass is 32.1. The summed E-state index contributed by atoms with van der Waals surface area (Å²) in [5, 5.41) is 6.99. The molecule has 2 unspecified atom stereocenters. The molecule has 3 nitrogen and oxygen atoms in total. The molecule has 1 aromatic heterocycles. The predicted octanol–water partition coefficient (Wildman–Crippen LogP) is 2.41. The van der Waals surface area contributed by atoms with Gasteiger partial charge in [-0.1, -0.05) is 6.92 Å². The molecule has 17 heavy (non-hydrogen) atoms. The van der Waals surface area contributed by atoms with Crippen molar-refractivity contribution >= 4 is 11.3 Å². The van der Waals surface area contributed by atoms with Crippen LogP contribution in [0.25, 0.3) is 0 Å². The molecule has 0 bridgehead atoms. The van der Waals surface area contributed by atoms with Crippen molar-refractivity contribution in [1.82, 2.24) is 15.2 Å². The Morgan fingerprint density at radius 3 is 3.06 bits per heavy atom. The summed E-state index contributed by atoms with van der Waals surface area (Å²) in [7, 11) is 0. The van der Waals surface area contributed by atoms with Crippen LogP contribution in [0, 0.1) is 6.92 Å². The first kappa shape index (κ1) is 13.0. The fourth-order valence-corrected chi connectivity index (χ4v) is 2.99. The molecule has 4 heteroatoms. The van der Waals surface area contributed by atoms with E-state index < -0.39 is 0 Å². The molecular formula is C13H23N3S. The Kier molecular flexibility index (Phi) is 4.54. The van der Waals surface area contributed by atoms with Crippen molar-refractivity contribution in [2.24, 2.45) is 0 Å². The van der Waals surface area contributed by atoms with Gasteiger partial charge in [0.25, 0.3) is 0 Å². The number of nitrogens with zero attached hydrogens (tertiary/aromatic N) is 2. The average Bonchev–Trinajstić information content (AvgIpc) is 2.62. The van der Waals surface area contributed by atoms with E-state index in [-0.39, 0.29) is 0 Å². The lowest BCUT2D eigenvalue weighted by Crippen LogP contribution is -2.39. The minimum absolute atomic E-state index is 0.639. The van der Waals surface area contributed by atoms with Crippen LogP contribution in [0.4, 0.5) is 0 Å². The number of aromatic nitrogens is 1. The van der Waals surface area contributed by atoms with Gasteiger partial charge in [0.1, 0.15) is 0 Å². The van der Waals surface area contributed by atoms with E-state index in [1.54, 1.807) is 11.3 Å². The molecule has 0 spiro atoms. The molecule has 0 radical (unpaired) electrons. The summed E-state index contributed by atoms with van der Waals surface area (Å²) in [4.78, 5) is 7.15. The topological polar surface area (TPSA) is 28.2 Å². The van der Waals surface area contributed by atoms with Gasteiger partial charge in [-0.25, -0.2) is 4.98 Å². The molecule has 1 fully saturated rings. The number of thiazole rings is 1. The van der Waals surface area contributed by atoms with Crippen molar-refractivity contribution in [3.05, 3.63) is 16.1 Å². The Bertz CT molecular complexity index is 350. The van der Waals surface area contributed by atoms with Gasteiger partial charge in [-0.05, 0) is 33.2 Å². The van der Waals surface area contributed by atoms with Gasteiger partial charge in [0, 0.05) is 30.6 Å². The van der Waals surface area contributed by atoms with E-state index in [1.807, 2.05) is 0 Å². The number of hydrogen-bond donors (Lipinski definition) is 1. The first-order valence-corrected chi connectivity index (χ1v) is 7.45. The van der Waals surface area contributed by atoms with Crippen LogP contribution in [0.3, 0.4) is 0 Å². The zero-order valence-electron chi connectivity index (χ0n) is 11.1. The van der Waals surface area contributed by atoms with E-state index in [4.69, 9.17) is 0 Å². The molecule has 0 saturated carbocycles. The SMILES string of the molecule is CCC1CN(Cc2csc(C)n2)C(C)CCN1. The van der Waals surface area contributed by atoms with E-state index >= 15 is 0 Å². The highest BCUT2D eigenvalue weighted by Gasteiger charge is 2.22. The lowest BCUT2D eigenvalue weighted by atomic mass is 10.2. The van der Waals surface area contributed by atoms with Crippen molar-refractivity contribution in [3.8, 4) is 0 Å². The third kappa shape index (κ3) is 3.50. The van der Waals surface area contributed by atoms with Crippen LogP contribution >= 0.6 is 11.3 Å². The van der Waals surface area contributed by atoms with Crippen molar-refractivity contribution in [2.45, 2.75) is 52.2 Å². The molecule has 2 rings (SSSR count). The van der Waals surface area contributed by atoms with Gasteiger partial charge in [0.2, 0.25) is 0 Å². The van der Waals surface area contributed by atoms with E-state index in [9.17, 15) is 0 Å². The van der Waals surface area contributed by atoms with Gasteiger partial charge in [-0.2, -0.15) is 0 Å². The number of hydrogen-bond acceptors (Lipinski definition) is 4. The van der Waals surface area contributed by atoms with Crippen LogP contribution in [0.5, 0.6) is 0 Å². The zero-order valence-corrected chi connectivity index (χ0v) is 11.9. The van der Waals surface area contributed by atoms with Crippen LogP contribution in [0.2, 0.25) is 0 Å². The molecule has 96 valence electrons. The quantitative estimate of drug-likeness (QED) is 0.896. The molecule has 1 saturated heterocycles. The van der Waals surface area contributed by atoms with E-state index in [2.05, 4.69) is 41.4 Å². The third-order valence-corrected chi connectivity index (χ3v) is 4.42. The zero-order chi connectivity index (χ0) is 12.3. The Morgan fingerprint density at radius 1 is 1.59 bits per heavy atom. The predicted molar refractivity (Wildman–Crippen MR) is 73.4 cm³/mol. The second kappa shape index (κ2) is 5.94. The number of aryl methyl sites for hydroxylation is 1. The Labute approximate surface area is 108 Å². The summed E-state index contributed by atoms with van der Waals surface area (Å²) in [6.07, 6.45) is 2.44. The van der Waals surface area contributed by atoms with Crippen LogP contribution in [0.1, 0.15) is 37.4 Å². The van der Waals surface area contributed by atoms with Crippen LogP contribution in [-0.2, 0) is 6.54 Å². The van der Waals surface area contributed by atoms with Gasteiger partial charge < -0.3 is 5.32 Å². The standard InChI is InChI=1S/C13H23N3S/c1-4-12-7-16(10(2)5-6-14-12)8-13-9-17-11(3)15-13/h9-10,12,14H,4-8H2,1-3H3. The molecule has 0 aliphatic carbocycles.